The number of hydrogen-bond donors (Lipinski definition) is 1. The predicted molar refractivity (Wildman–Crippen MR) is 71.5 cm³/mol. The number of aromatic hydroxyl groups is 1. The molecule has 1 N–H and O–H groups in total. The molecular formula is C16H18O. The third-order valence-electron chi connectivity index (χ3n) is 3.97. The van der Waals surface area contributed by atoms with E-state index < -0.39 is 0 Å². The minimum Gasteiger partial charge on any atom is -0.508 e. The zero-order chi connectivity index (χ0) is 12.2. The van der Waals surface area contributed by atoms with Crippen molar-refractivity contribution in [3.05, 3.63) is 41.5 Å². The highest BCUT2D eigenvalue weighted by Gasteiger charge is 2.35. The average molecular weight is 226 g/mol. The molecule has 0 fully saturated rings. The van der Waals surface area contributed by atoms with Crippen molar-refractivity contribution in [2.45, 2.75) is 33.1 Å². The summed E-state index contributed by atoms with van der Waals surface area (Å²) in [4.78, 5) is 0. The summed E-state index contributed by atoms with van der Waals surface area (Å²) in [5.74, 6) is 0.881. The first-order valence-corrected chi connectivity index (χ1v) is 6.22. The van der Waals surface area contributed by atoms with Gasteiger partial charge < -0.3 is 5.11 Å². The van der Waals surface area contributed by atoms with Crippen LogP contribution in [0.5, 0.6) is 5.75 Å². The van der Waals surface area contributed by atoms with Crippen molar-refractivity contribution in [1.82, 2.24) is 0 Å². The van der Waals surface area contributed by atoms with Gasteiger partial charge in [-0.05, 0) is 40.2 Å². The van der Waals surface area contributed by atoms with Gasteiger partial charge in [0.25, 0.3) is 0 Å². The van der Waals surface area contributed by atoms with Crippen LogP contribution in [0, 0.1) is 5.41 Å². The van der Waals surface area contributed by atoms with Crippen LogP contribution in [-0.4, -0.2) is 5.11 Å². The first-order chi connectivity index (χ1) is 7.98. The van der Waals surface area contributed by atoms with Crippen molar-refractivity contribution in [1.29, 1.82) is 0 Å². The molecular weight excluding hydrogens is 208 g/mol. The Kier molecular flexibility index (Phi) is 2.04. The van der Waals surface area contributed by atoms with Gasteiger partial charge in [0.2, 0.25) is 0 Å². The summed E-state index contributed by atoms with van der Waals surface area (Å²) in [5, 5.41) is 12.7. The van der Waals surface area contributed by atoms with E-state index in [1.807, 2.05) is 12.1 Å². The van der Waals surface area contributed by atoms with Crippen molar-refractivity contribution in [3.8, 4) is 5.75 Å². The number of phenolic OH excluding ortho intramolecular Hbond substituents is 1. The van der Waals surface area contributed by atoms with E-state index in [2.05, 4.69) is 39.0 Å². The number of hydrogen-bond acceptors (Lipinski definition) is 1. The Morgan fingerprint density at radius 1 is 1.12 bits per heavy atom. The molecule has 0 saturated carbocycles. The largest absolute Gasteiger partial charge is 0.508 e. The summed E-state index contributed by atoms with van der Waals surface area (Å²) in [6, 6.07) is 10.3. The van der Waals surface area contributed by atoms with Crippen LogP contribution in [-0.2, 0) is 6.42 Å². The zero-order valence-electron chi connectivity index (χ0n) is 10.6. The van der Waals surface area contributed by atoms with Gasteiger partial charge in [0.1, 0.15) is 5.75 Å². The van der Waals surface area contributed by atoms with Crippen molar-refractivity contribution < 1.29 is 5.11 Å². The standard InChI is InChI=1S/C16H18O/c1-16(2,3)12-9-11-6-4-5-10-7-8-13(17)15(12)14(10)11/h4-8,12,17H,9H2,1-3H3. The molecule has 1 atom stereocenters. The van der Waals surface area contributed by atoms with Crippen molar-refractivity contribution in [3.63, 3.8) is 0 Å². The van der Waals surface area contributed by atoms with Gasteiger partial charge in [0.05, 0.1) is 0 Å². The normalized spacial score (nSPS) is 18.9. The van der Waals surface area contributed by atoms with E-state index in [1.54, 1.807) is 0 Å². The maximum Gasteiger partial charge on any atom is 0.119 e. The topological polar surface area (TPSA) is 20.2 Å². The second kappa shape index (κ2) is 3.25. The van der Waals surface area contributed by atoms with Gasteiger partial charge in [-0.15, -0.1) is 0 Å². The molecule has 1 heteroatoms. The van der Waals surface area contributed by atoms with Gasteiger partial charge in [-0.3, -0.25) is 0 Å². The summed E-state index contributed by atoms with van der Waals surface area (Å²) in [6.45, 7) is 6.76. The summed E-state index contributed by atoms with van der Waals surface area (Å²) in [6.07, 6.45) is 1.05. The quantitative estimate of drug-likeness (QED) is 0.712. The van der Waals surface area contributed by atoms with E-state index >= 15 is 0 Å². The molecule has 88 valence electrons. The fourth-order valence-corrected chi connectivity index (χ4v) is 3.06. The van der Waals surface area contributed by atoms with Crippen LogP contribution in [0.3, 0.4) is 0 Å². The van der Waals surface area contributed by atoms with E-state index in [1.165, 1.54) is 16.3 Å². The average Bonchev–Trinajstić information content (AvgIpc) is 2.65. The van der Waals surface area contributed by atoms with E-state index in [9.17, 15) is 5.11 Å². The highest BCUT2D eigenvalue weighted by Crippen LogP contribution is 2.50. The predicted octanol–water partition coefficient (Wildman–Crippen LogP) is 4.23. The van der Waals surface area contributed by atoms with E-state index in [0.717, 1.165) is 12.0 Å². The van der Waals surface area contributed by atoms with Crippen molar-refractivity contribution in [2.75, 3.05) is 0 Å². The molecule has 0 saturated heterocycles. The van der Waals surface area contributed by atoms with Crippen LogP contribution >= 0.6 is 0 Å². The smallest absolute Gasteiger partial charge is 0.119 e. The maximum atomic E-state index is 10.2. The van der Waals surface area contributed by atoms with Crippen LogP contribution in [0.25, 0.3) is 10.8 Å². The zero-order valence-corrected chi connectivity index (χ0v) is 10.6. The Morgan fingerprint density at radius 3 is 2.59 bits per heavy atom. The lowest BCUT2D eigenvalue weighted by Gasteiger charge is -2.28. The van der Waals surface area contributed by atoms with Gasteiger partial charge in [-0.25, -0.2) is 0 Å². The first kappa shape index (κ1) is 10.6. The molecule has 0 amide bonds. The number of rotatable bonds is 0. The Labute approximate surface area is 102 Å². The number of benzene rings is 2. The molecule has 0 aromatic heterocycles. The Balaban J connectivity index is 2.35. The minimum absolute atomic E-state index is 0.185. The molecule has 1 unspecified atom stereocenters. The second-order valence-corrected chi connectivity index (χ2v) is 6.14. The Morgan fingerprint density at radius 2 is 1.88 bits per heavy atom. The first-order valence-electron chi connectivity index (χ1n) is 6.22. The lowest BCUT2D eigenvalue weighted by molar-refractivity contribution is 0.317. The molecule has 3 rings (SSSR count). The molecule has 2 aromatic carbocycles. The molecule has 1 nitrogen and oxygen atoms in total. The molecule has 1 aliphatic carbocycles. The fraction of sp³-hybridized carbons (Fsp3) is 0.375. The van der Waals surface area contributed by atoms with Gasteiger partial charge in [-0.2, -0.15) is 0 Å². The van der Waals surface area contributed by atoms with Gasteiger partial charge in [-0.1, -0.05) is 45.0 Å². The molecule has 0 bridgehead atoms. The Bertz CT molecular complexity index is 590. The second-order valence-electron chi connectivity index (χ2n) is 6.14. The van der Waals surface area contributed by atoms with Gasteiger partial charge >= 0.3 is 0 Å². The molecule has 0 radical (unpaired) electrons. The van der Waals surface area contributed by atoms with E-state index in [-0.39, 0.29) is 5.41 Å². The molecule has 2 aromatic rings. The van der Waals surface area contributed by atoms with Crippen LogP contribution in [0.2, 0.25) is 0 Å². The minimum atomic E-state index is 0.185. The van der Waals surface area contributed by atoms with E-state index in [0.29, 0.717) is 11.7 Å². The van der Waals surface area contributed by atoms with Crippen LogP contribution in [0.1, 0.15) is 37.8 Å². The Hall–Kier alpha value is -1.50. The molecule has 17 heavy (non-hydrogen) atoms. The monoisotopic (exact) mass is 226 g/mol. The van der Waals surface area contributed by atoms with Crippen LogP contribution < -0.4 is 0 Å². The van der Waals surface area contributed by atoms with Crippen molar-refractivity contribution >= 4 is 10.8 Å². The summed E-state index contributed by atoms with van der Waals surface area (Å²) in [5.41, 5.74) is 2.73. The molecule has 0 spiro atoms. The highest BCUT2D eigenvalue weighted by atomic mass is 16.3. The number of phenols is 1. The molecule has 0 heterocycles. The van der Waals surface area contributed by atoms with Crippen molar-refractivity contribution in [2.24, 2.45) is 5.41 Å². The lowest BCUT2D eigenvalue weighted by Crippen LogP contribution is -2.17. The van der Waals surface area contributed by atoms with Crippen LogP contribution in [0.15, 0.2) is 30.3 Å². The van der Waals surface area contributed by atoms with Gasteiger partial charge in [0.15, 0.2) is 0 Å². The third-order valence-corrected chi connectivity index (χ3v) is 3.97. The summed E-state index contributed by atoms with van der Waals surface area (Å²) >= 11 is 0. The maximum absolute atomic E-state index is 10.2. The molecule has 0 aliphatic heterocycles. The van der Waals surface area contributed by atoms with Crippen LogP contribution in [0.4, 0.5) is 0 Å². The van der Waals surface area contributed by atoms with E-state index in [4.69, 9.17) is 0 Å². The molecule has 1 aliphatic rings. The lowest BCUT2D eigenvalue weighted by atomic mass is 9.76. The third kappa shape index (κ3) is 1.45. The van der Waals surface area contributed by atoms with Gasteiger partial charge in [0, 0.05) is 5.56 Å². The SMILES string of the molecule is CC(C)(C)C1Cc2cccc3ccc(O)c1c23. The summed E-state index contributed by atoms with van der Waals surface area (Å²) < 4.78 is 0. The fourth-order valence-electron chi connectivity index (χ4n) is 3.06. The highest BCUT2D eigenvalue weighted by molar-refractivity contribution is 5.93. The summed E-state index contributed by atoms with van der Waals surface area (Å²) in [7, 11) is 0.